The lowest BCUT2D eigenvalue weighted by Gasteiger charge is -2.13. The van der Waals surface area contributed by atoms with Crippen LogP contribution >= 0.6 is 0 Å². The van der Waals surface area contributed by atoms with Gasteiger partial charge in [0.25, 0.3) is 0 Å². The van der Waals surface area contributed by atoms with E-state index in [1.165, 1.54) is 0 Å². The zero-order valence-corrected chi connectivity index (χ0v) is 14.9. The number of benzene rings is 2. The van der Waals surface area contributed by atoms with E-state index in [0.717, 1.165) is 0 Å². The summed E-state index contributed by atoms with van der Waals surface area (Å²) in [5.41, 5.74) is 0.416. The minimum Gasteiger partial charge on any atom is -0.457 e. The van der Waals surface area contributed by atoms with E-state index >= 15 is 0 Å². The lowest BCUT2D eigenvalue weighted by molar-refractivity contribution is -0.149. The number of carbonyl (C=O) groups is 1. The molecule has 2 aromatic rings. The van der Waals surface area contributed by atoms with Crippen LogP contribution in [0.2, 0.25) is 0 Å². The number of allylic oxidation sites excluding steroid dienone is 1. The number of ether oxygens (including phenoxy) is 2. The molecule has 0 amide bonds. The molecule has 0 aromatic heterocycles. The Bertz CT molecular complexity index is 851. The van der Waals surface area contributed by atoms with Crippen molar-refractivity contribution in [2.75, 3.05) is 0 Å². The molecule has 0 saturated heterocycles. The Hall–Kier alpha value is -3.06. The fraction of sp³-hybridized carbons (Fsp3) is 0.273. The van der Waals surface area contributed by atoms with Crippen molar-refractivity contribution in [3.05, 3.63) is 72.8 Å². The molecule has 1 fully saturated rings. The zero-order chi connectivity index (χ0) is 18.7. The van der Waals surface area contributed by atoms with Crippen LogP contribution in [-0.2, 0) is 9.53 Å². The molecular weight excluding hydrogens is 326 g/mol. The van der Waals surface area contributed by atoms with E-state index in [4.69, 9.17) is 9.47 Å². The zero-order valence-electron chi connectivity index (χ0n) is 14.9. The highest BCUT2D eigenvalue weighted by Gasteiger charge is 2.61. The normalized spacial score (nSPS) is 21.1. The second-order valence-electron chi connectivity index (χ2n) is 6.99. The van der Waals surface area contributed by atoms with Crippen molar-refractivity contribution < 1.29 is 14.3 Å². The van der Waals surface area contributed by atoms with Crippen LogP contribution in [0.3, 0.4) is 0 Å². The van der Waals surface area contributed by atoms with Crippen LogP contribution < -0.4 is 4.74 Å². The molecule has 0 N–H and O–H groups in total. The lowest BCUT2D eigenvalue weighted by Crippen LogP contribution is -2.14. The Morgan fingerprint density at radius 1 is 1.19 bits per heavy atom. The van der Waals surface area contributed by atoms with Crippen molar-refractivity contribution >= 4 is 5.97 Å². The Balaban J connectivity index is 1.73. The fourth-order valence-corrected chi connectivity index (χ4v) is 3.29. The molecule has 1 saturated carbocycles. The molecule has 1 aliphatic rings. The van der Waals surface area contributed by atoms with E-state index in [-0.39, 0.29) is 23.2 Å². The van der Waals surface area contributed by atoms with Crippen molar-refractivity contribution in [3.63, 3.8) is 0 Å². The first-order valence-electron chi connectivity index (χ1n) is 8.53. The Morgan fingerprint density at radius 2 is 1.88 bits per heavy atom. The maximum absolute atomic E-state index is 12.5. The van der Waals surface area contributed by atoms with Gasteiger partial charge >= 0.3 is 5.97 Å². The number of nitriles is 1. The van der Waals surface area contributed by atoms with E-state index in [1.54, 1.807) is 30.3 Å². The van der Waals surface area contributed by atoms with Gasteiger partial charge < -0.3 is 9.47 Å². The van der Waals surface area contributed by atoms with Crippen LogP contribution in [-0.4, -0.2) is 5.97 Å². The molecule has 0 heterocycles. The molecule has 0 aliphatic heterocycles. The summed E-state index contributed by atoms with van der Waals surface area (Å²) in [5.74, 6) is 0.756. The van der Waals surface area contributed by atoms with Crippen molar-refractivity contribution in [1.29, 1.82) is 5.26 Å². The summed E-state index contributed by atoms with van der Waals surface area (Å²) in [6, 6.07) is 18.5. The largest absolute Gasteiger partial charge is 0.457 e. The highest BCUT2D eigenvalue weighted by molar-refractivity contribution is 5.78. The molecule has 1 aliphatic carbocycles. The Labute approximate surface area is 153 Å². The number of nitrogens with zero attached hydrogens (tertiary/aromatic N) is 1. The maximum Gasteiger partial charge on any atom is 0.311 e. The van der Waals surface area contributed by atoms with Gasteiger partial charge in [0.15, 0.2) is 0 Å². The molecule has 0 spiro atoms. The molecule has 0 bridgehead atoms. The summed E-state index contributed by atoms with van der Waals surface area (Å²) in [4.78, 5) is 12.5. The summed E-state index contributed by atoms with van der Waals surface area (Å²) in [6.07, 6.45) is 0.811. The average molecular weight is 347 g/mol. The molecule has 3 atom stereocenters. The number of hydrogen-bond acceptors (Lipinski definition) is 4. The monoisotopic (exact) mass is 347 g/mol. The van der Waals surface area contributed by atoms with E-state index < -0.39 is 6.10 Å². The summed E-state index contributed by atoms with van der Waals surface area (Å²) >= 11 is 0. The molecule has 2 aromatic carbocycles. The number of carbonyl (C=O) groups excluding carboxylic acids is 1. The molecule has 4 nitrogen and oxygen atoms in total. The topological polar surface area (TPSA) is 59.3 Å². The van der Waals surface area contributed by atoms with Crippen molar-refractivity contribution in [2.45, 2.75) is 20.0 Å². The third-order valence-corrected chi connectivity index (χ3v) is 4.91. The molecule has 0 radical (unpaired) electrons. The van der Waals surface area contributed by atoms with E-state index in [9.17, 15) is 10.1 Å². The van der Waals surface area contributed by atoms with Crippen molar-refractivity contribution in [1.82, 2.24) is 0 Å². The first-order valence-corrected chi connectivity index (χ1v) is 8.53. The van der Waals surface area contributed by atoms with Gasteiger partial charge in [-0.05, 0) is 35.6 Å². The predicted octanol–water partition coefficient (Wildman–Crippen LogP) is 5.04. The van der Waals surface area contributed by atoms with Gasteiger partial charge in [-0.25, -0.2) is 0 Å². The molecule has 132 valence electrons. The van der Waals surface area contributed by atoms with Crippen LogP contribution in [0.5, 0.6) is 11.5 Å². The Morgan fingerprint density at radius 3 is 2.50 bits per heavy atom. The number of hydrogen-bond donors (Lipinski definition) is 0. The second-order valence-corrected chi connectivity index (χ2v) is 6.99. The third kappa shape index (κ3) is 3.48. The predicted molar refractivity (Wildman–Crippen MR) is 98.4 cm³/mol. The smallest absolute Gasteiger partial charge is 0.311 e. The summed E-state index contributed by atoms with van der Waals surface area (Å²) in [6.45, 7) is 7.77. The van der Waals surface area contributed by atoms with Gasteiger partial charge in [-0.2, -0.15) is 5.26 Å². The summed E-state index contributed by atoms with van der Waals surface area (Å²) in [5, 5.41) is 9.48. The van der Waals surface area contributed by atoms with Gasteiger partial charge in [-0.1, -0.05) is 50.3 Å². The number of esters is 1. The first kappa shape index (κ1) is 17.8. The van der Waals surface area contributed by atoms with Crippen LogP contribution in [0.25, 0.3) is 0 Å². The van der Waals surface area contributed by atoms with Gasteiger partial charge in [0.1, 0.15) is 17.6 Å². The minimum absolute atomic E-state index is 0.0853. The van der Waals surface area contributed by atoms with Gasteiger partial charge in [-0.15, -0.1) is 6.58 Å². The van der Waals surface area contributed by atoms with Crippen LogP contribution in [0.15, 0.2) is 67.3 Å². The van der Waals surface area contributed by atoms with Gasteiger partial charge in [0.05, 0.1) is 5.92 Å². The standard InChI is InChI=1S/C22H21NO3/c1-4-18-20(22(18,2)3)21(24)26-19(14-23)15-9-8-12-17(13-15)25-16-10-6-5-7-11-16/h4-13,18-20H,1H2,2-3H3. The van der Waals surface area contributed by atoms with Crippen LogP contribution in [0, 0.1) is 28.6 Å². The molecular formula is C22H21NO3. The van der Waals surface area contributed by atoms with Crippen molar-refractivity contribution in [3.8, 4) is 17.6 Å². The molecule has 4 heteroatoms. The molecule has 3 rings (SSSR count). The number of para-hydroxylation sites is 1. The van der Waals surface area contributed by atoms with E-state index in [0.29, 0.717) is 17.1 Å². The molecule has 3 unspecified atom stereocenters. The highest BCUT2D eigenvalue weighted by atomic mass is 16.5. The second kappa shape index (κ2) is 7.05. The minimum atomic E-state index is -0.969. The lowest BCUT2D eigenvalue weighted by atomic mass is 10.1. The van der Waals surface area contributed by atoms with Crippen LogP contribution in [0.4, 0.5) is 0 Å². The maximum atomic E-state index is 12.5. The highest BCUT2D eigenvalue weighted by Crippen LogP contribution is 2.59. The first-order chi connectivity index (χ1) is 12.5. The number of rotatable bonds is 6. The quantitative estimate of drug-likeness (QED) is 0.542. The van der Waals surface area contributed by atoms with Crippen LogP contribution in [0.1, 0.15) is 25.5 Å². The van der Waals surface area contributed by atoms with Crippen molar-refractivity contribution in [2.24, 2.45) is 17.3 Å². The van der Waals surface area contributed by atoms with Gasteiger partial charge in [0, 0.05) is 5.56 Å². The SMILES string of the molecule is C=CC1C(C(=O)OC(C#N)c2cccc(Oc3ccccc3)c2)C1(C)C. The molecule has 26 heavy (non-hydrogen) atoms. The average Bonchev–Trinajstić information content (AvgIpc) is 3.21. The Kier molecular flexibility index (Phi) is 4.81. The van der Waals surface area contributed by atoms with E-state index in [1.807, 2.05) is 44.2 Å². The summed E-state index contributed by atoms with van der Waals surface area (Å²) in [7, 11) is 0. The summed E-state index contributed by atoms with van der Waals surface area (Å²) < 4.78 is 11.3. The van der Waals surface area contributed by atoms with Gasteiger partial charge in [-0.3, -0.25) is 4.79 Å². The van der Waals surface area contributed by atoms with E-state index in [2.05, 4.69) is 12.6 Å². The third-order valence-electron chi connectivity index (χ3n) is 4.91. The fourth-order valence-electron chi connectivity index (χ4n) is 3.29. The van der Waals surface area contributed by atoms with Gasteiger partial charge in [0.2, 0.25) is 6.10 Å².